The molecule has 0 radical (unpaired) electrons. The molecule has 2 rings (SSSR count). The van der Waals surface area contributed by atoms with Crippen molar-refractivity contribution in [2.24, 2.45) is 5.10 Å². The molecule has 0 spiro atoms. The first-order chi connectivity index (χ1) is 10.1. The van der Waals surface area contributed by atoms with Gasteiger partial charge in [-0.3, -0.25) is 4.79 Å². The quantitative estimate of drug-likeness (QED) is 0.667. The Morgan fingerprint density at radius 1 is 1.19 bits per heavy atom. The van der Waals surface area contributed by atoms with E-state index in [4.69, 9.17) is 4.74 Å². The van der Waals surface area contributed by atoms with E-state index in [1.165, 1.54) is 5.56 Å². The number of hydrazone groups is 1. The number of carbonyl (C=O) groups is 1. The van der Waals surface area contributed by atoms with Crippen molar-refractivity contribution in [3.05, 3.63) is 64.1 Å². The van der Waals surface area contributed by atoms with E-state index in [-0.39, 0.29) is 12.5 Å². The zero-order chi connectivity index (χ0) is 15.1. The largest absolute Gasteiger partial charge is 0.484 e. The lowest BCUT2D eigenvalue weighted by Gasteiger charge is -2.04. The second kappa shape index (κ2) is 7.59. The molecule has 5 heteroatoms. The Morgan fingerprint density at radius 2 is 1.86 bits per heavy atom. The van der Waals surface area contributed by atoms with E-state index < -0.39 is 0 Å². The maximum Gasteiger partial charge on any atom is 0.277 e. The number of rotatable bonds is 5. The van der Waals surface area contributed by atoms with Crippen molar-refractivity contribution in [1.29, 1.82) is 0 Å². The van der Waals surface area contributed by atoms with Crippen LogP contribution in [0.15, 0.2) is 58.1 Å². The minimum absolute atomic E-state index is 0.0765. The van der Waals surface area contributed by atoms with Crippen LogP contribution in [0.2, 0.25) is 0 Å². The number of nitrogens with zero attached hydrogens (tertiary/aromatic N) is 1. The molecule has 0 bridgehead atoms. The number of hydrogen-bond acceptors (Lipinski definition) is 3. The molecule has 0 aliphatic rings. The van der Waals surface area contributed by atoms with E-state index in [0.29, 0.717) is 5.75 Å². The highest BCUT2D eigenvalue weighted by molar-refractivity contribution is 9.10. The Labute approximate surface area is 132 Å². The van der Waals surface area contributed by atoms with Gasteiger partial charge in [0, 0.05) is 4.47 Å². The third-order valence-corrected chi connectivity index (χ3v) is 3.19. The molecule has 0 unspecified atom stereocenters. The van der Waals surface area contributed by atoms with Gasteiger partial charge in [0.15, 0.2) is 6.61 Å². The highest BCUT2D eigenvalue weighted by Gasteiger charge is 2.01. The van der Waals surface area contributed by atoms with Crippen molar-refractivity contribution in [1.82, 2.24) is 5.43 Å². The van der Waals surface area contributed by atoms with Crippen molar-refractivity contribution in [3.8, 4) is 5.75 Å². The van der Waals surface area contributed by atoms with Gasteiger partial charge in [0.25, 0.3) is 5.91 Å². The van der Waals surface area contributed by atoms with Crippen LogP contribution < -0.4 is 10.2 Å². The molecule has 0 aliphatic carbocycles. The average Bonchev–Trinajstić information content (AvgIpc) is 2.49. The summed E-state index contributed by atoms with van der Waals surface area (Å²) in [5.74, 6) is 0.331. The third-order valence-electron chi connectivity index (χ3n) is 2.66. The molecule has 0 atom stereocenters. The van der Waals surface area contributed by atoms with Gasteiger partial charge in [0.1, 0.15) is 5.75 Å². The van der Waals surface area contributed by atoms with Crippen molar-refractivity contribution < 1.29 is 9.53 Å². The predicted octanol–water partition coefficient (Wildman–Crippen LogP) is 3.29. The fourth-order valence-electron chi connectivity index (χ4n) is 1.54. The molecule has 2 aromatic rings. The summed E-state index contributed by atoms with van der Waals surface area (Å²) >= 11 is 3.33. The lowest BCUT2D eigenvalue weighted by molar-refractivity contribution is -0.123. The van der Waals surface area contributed by atoms with Crippen LogP contribution >= 0.6 is 15.9 Å². The smallest absolute Gasteiger partial charge is 0.277 e. The van der Waals surface area contributed by atoms with Crippen LogP contribution in [0.25, 0.3) is 0 Å². The molecule has 108 valence electrons. The summed E-state index contributed by atoms with van der Waals surface area (Å²) in [5.41, 5.74) is 4.53. The number of carbonyl (C=O) groups excluding carboxylic acids is 1. The van der Waals surface area contributed by atoms with Gasteiger partial charge in [-0.05, 0) is 36.8 Å². The second-order valence-corrected chi connectivity index (χ2v) is 5.36. The lowest BCUT2D eigenvalue weighted by Crippen LogP contribution is -2.24. The van der Waals surface area contributed by atoms with Crippen molar-refractivity contribution in [3.63, 3.8) is 0 Å². The van der Waals surface area contributed by atoms with Crippen LogP contribution in [-0.4, -0.2) is 18.7 Å². The van der Waals surface area contributed by atoms with Crippen LogP contribution in [0, 0.1) is 6.92 Å². The summed E-state index contributed by atoms with van der Waals surface area (Å²) < 4.78 is 6.29. The van der Waals surface area contributed by atoms with Gasteiger partial charge in [-0.2, -0.15) is 5.10 Å². The molecule has 2 aromatic carbocycles. The summed E-state index contributed by atoms with van der Waals surface area (Å²) in [6.45, 7) is 1.94. The van der Waals surface area contributed by atoms with E-state index >= 15 is 0 Å². The average molecular weight is 347 g/mol. The van der Waals surface area contributed by atoms with Gasteiger partial charge >= 0.3 is 0 Å². The van der Waals surface area contributed by atoms with Crippen LogP contribution in [0.3, 0.4) is 0 Å². The molecule has 0 heterocycles. The van der Waals surface area contributed by atoms with Gasteiger partial charge in [-0.15, -0.1) is 0 Å². The first-order valence-electron chi connectivity index (χ1n) is 6.40. The first kappa shape index (κ1) is 15.3. The van der Waals surface area contributed by atoms with Crippen LogP contribution in [0.4, 0.5) is 0 Å². The number of ether oxygens (including phenoxy) is 1. The first-order valence-corrected chi connectivity index (χ1v) is 7.20. The fraction of sp³-hybridized carbons (Fsp3) is 0.125. The molecule has 1 N–H and O–H groups in total. The number of halogens is 1. The van der Waals surface area contributed by atoms with Gasteiger partial charge < -0.3 is 4.74 Å². The molecule has 0 saturated carbocycles. The molecular weight excluding hydrogens is 332 g/mol. The monoisotopic (exact) mass is 346 g/mol. The van der Waals surface area contributed by atoms with Gasteiger partial charge in [0.2, 0.25) is 0 Å². The van der Waals surface area contributed by atoms with E-state index in [1.54, 1.807) is 18.3 Å². The third kappa shape index (κ3) is 5.39. The minimum Gasteiger partial charge on any atom is -0.484 e. The molecule has 0 aromatic heterocycles. The molecule has 0 aliphatic heterocycles. The van der Waals surface area contributed by atoms with E-state index in [0.717, 1.165) is 10.0 Å². The Kier molecular flexibility index (Phi) is 5.51. The summed E-state index contributed by atoms with van der Waals surface area (Å²) in [7, 11) is 0. The van der Waals surface area contributed by atoms with Crippen LogP contribution in [0.1, 0.15) is 11.1 Å². The van der Waals surface area contributed by atoms with E-state index in [2.05, 4.69) is 26.5 Å². The van der Waals surface area contributed by atoms with E-state index in [9.17, 15) is 4.79 Å². The molecule has 4 nitrogen and oxygen atoms in total. The normalized spacial score (nSPS) is 10.6. The molecule has 1 amide bonds. The Morgan fingerprint density at radius 3 is 2.52 bits per heavy atom. The molecule has 21 heavy (non-hydrogen) atoms. The number of aryl methyl sites for hydroxylation is 1. The predicted molar refractivity (Wildman–Crippen MR) is 86.6 cm³/mol. The zero-order valence-electron chi connectivity index (χ0n) is 11.5. The number of nitrogens with one attached hydrogen (secondary N) is 1. The highest BCUT2D eigenvalue weighted by Crippen LogP contribution is 2.15. The fourth-order valence-corrected chi connectivity index (χ4v) is 1.81. The second-order valence-electron chi connectivity index (χ2n) is 4.45. The van der Waals surface area contributed by atoms with Crippen molar-refractivity contribution >= 4 is 28.1 Å². The van der Waals surface area contributed by atoms with Crippen molar-refractivity contribution in [2.45, 2.75) is 6.92 Å². The SMILES string of the molecule is Cc1ccc(C=NNC(=O)COc2ccc(Br)cc2)cc1. The number of amides is 1. The number of benzene rings is 2. The molecule has 0 saturated heterocycles. The maximum absolute atomic E-state index is 11.6. The molecule has 0 fully saturated rings. The standard InChI is InChI=1S/C16H15BrN2O2/c1-12-2-4-13(5-3-12)10-18-19-16(20)11-21-15-8-6-14(17)7-9-15/h2-10H,11H2,1H3,(H,19,20). The summed E-state index contributed by atoms with van der Waals surface area (Å²) in [6, 6.07) is 15.1. The van der Waals surface area contributed by atoms with Gasteiger partial charge in [0.05, 0.1) is 6.21 Å². The Balaban J connectivity index is 1.77. The Hall–Kier alpha value is -2.14. The minimum atomic E-state index is -0.304. The summed E-state index contributed by atoms with van der Waals surface area (Å²) in [4.78, 5) is 11.6. The summed E-state index contributed by atoms with van der Waals surface area (Å²) in [6.07, 6.45) is 1.59. The number of hydrogen-bond donors (Lipinski definition) is 1. The van der Waals surface area contributed by atoms with Gasteiger partial charge in [-0.1, -0.05) is 45.8 Å². The lowest BCUT2D eigenvalue weighted by atomic mass is 10.2. The van der Waals surface area contributed by atoms with Gasteiger partial charge in [-0.25, -0.2) is 5.43 Å². The summed E-state index contributed by atoms with van der Waals surface area (Å²) in [5, 5.41) is 3.89. The van der Waals surface area contributed by atoms with Crippen LogP contribution in [-0.2, 0) is 4.79 Å². The van der Waals surface area contributed by atoms with Crippen molar-refractivity contribution in [2.75, 3.05) is 6.61 Å². The Bertz CT molecular complexity index is 622. The molecular formula is C16H15BrN2O2. The highest BCUT2D eigenvalue weighted by atomic mass is 79.9. The topological polar surface area (TPSA) is 50.7 Å². The maximum atomic E-state index is 11.6. The zero-order valence-corrected chi connectivity index (χ0v) is 13.1. The van der Waals surface area contributed by atoms with E-state index in [1.807, 2.05) is 43.3 Å². The van der Waals surface area contributed by atoms with Crippen LogP contribution in [0.5, 0.6) is 5.75 Å².